The predicted molar refractivity (Wildman–Crippen MR) is 95.6 cm³/mol. The fourth-order valence-electron chi connectivity index (χ4n) is 2.18. The van der Waals surface area contributed by atoms with Gasteiger partial charge in [-0.05, 0) is 29.6 Å². The number of benzene rings is 1. The van der Waals surface area contributed by atoms with Crippen molar-refractivity contribution in [3.63, 3.8) is 0 Å². The molecule has 26 heavy (non-hydrogen) atoms. The molecule has 0 aliphatic rings. The summed E-state index contributed by atoms with van der Waals surface area (Å²) < 4.78 is 9.31. The Morgan fingerprint density at radius 1 is 1.00 bits per heavy atom. The average molecular weight is 375 g/mol. The Hall–Kier alpha value is -3.00. The average Bonchev–Trinajstić information content (AvgIpc) is 3.19. The summed E-state index contributed by atoms with van der Waals surface area (Å²) in [5.41, 5.74) is 0.386. The van der Waals surface area contributed by atoms with Gasteiger partial charge in [0.1, 0.15) is 0 Å². The number of anilines is 1. The molecule has 0 atom stereocenters. The smallest absolute Gasteiger partial charge is 0.339 e. The number of methoxy groups -OCH3 is 2. The molecule has 1 N–H and O–H groups in total. The Bertz CT molecular complexity index is 828. The van der Waals surface area contributed by atoms with Crippen LogP contribution in [0, 0.1) is 0 Å². The van der Waals surface area contributed by atoms with Crippen LogP contribution in [0.1, 0.15) is 43.2 Å². The van der Waals surface area contributed by atoms with Crippen LogP contribution in [0.5, 0.6) is 0 Å². The SMILES string of the molecule is COC(=O)c1ccc(C(=O)OC)c(NC(=O)CCC(=O)c2cccs2)c1. The highest BCUT2D eigenvalue weighted by atomic mass is 32.1. The van der Waals surface area contributed by atoms with Gasteiger partial charge < -0.3 is 14.8 Å². The monoisotopic (exact) mass is 375 g/mol. The second-order valence-corrected chi connectivity index (χ2v) is 6.14. The lowest BCUT2D eigenvalue weighted by Gasteiger charge is -2.11. The number of hydrogen-bond acceptors (Lipinski definition) is 7. The number of Topliss-reactive ketones (excluding diaryl/α,β-unsaturated/α-hetero) is 1. The molecule has 2 aromatic rings. The zero-order chi connectivity index (χ0) is 19.1. The van der Waals surface area contributed by atoms with Gasteiger partial charge in [-0.15, -0.1) is 11.3 Å². The van der Waals surface area contributed by atoms with Crippen LogP contribution in [-0.2, 0) is 14.3 Å². The third kappa shape index (κ3) is 4.76. The molecule has 1 amide bonds. The van der Waals surface area contributed by atoms with Gasteiger partial charge in [-0.3, -0.25) is 9.59 Å². The predicted octanol–water partition coefficient (Wildman–Crippen LogP) is 2.92. The van der Waals surface area contributed by atoms with Crippen molar-refractivity contribution in [1.29, 1.82) is 0 Å². The normalized spacial score (nSPS) is 10.1. The fraction of sp³-hybridized carbons (Fsp3) is 0.222. The zero-order valence-corrected chi connectivity index (χ0v) is 15.1. The van der Waals surface area contributed by atoms with Gasteiger partial charge in [0.05, 0.1) is 35.9 Å². The minimum atomic E-state index is -0.661. The maximum absolute atomic E-state index is 12.2. The summed E-state index contributed by atoms with van der Waals surface area (Å²) in [5, 5.41) is 4.34. The van der Waals surface area contributed by atoms with Crippen molar-refractivity contribution >= 4 is 40.7 Å². The number of carbonyl (C=O) groups is 4. The summed E-state index contributed by atoms with van der Waals surface area (Å²) in [4.78, 5) is 48.2. The van der Waals surface area contributed by atoms with E-state index in [1.54, 1.807) is 17.5 Å². The van der Waals surface area contributed by atoms with Gasteiger partial charge in [0.15, 0.2) is 5.78 Å². The van der Waals surface area contributed by atoms with Crippen molar-refractivity contribution in [2.75, 3.05) is 19.5 Å². The first-order valence-corrected chi connectivity index (χ1v) is 8.51. The molecular weight excluding hydrogens is 358 g/mol. The summed E-state index contributed by atoms with van der Waals surface area (Å²) in [6, 6.07) is 7.55. The Morgan fingerprint density at radius 3 is 2.35 bits per heavy atom. The van der Waals surface area contributed by atoms with Crippen molar-refractivity contribution < 1.29 is 28.7 Å². The Labute approximate surface area is 153 Å². The van der Waals surface area contributed by atoms with Crippen LogP contribution >= 0.6 is 11.3 Å². The molecule has 7 nitrogen and oxygen atoms in total. The largest absolute Gasteiger partial charge is 0.465 e. The molecule has 0 aliphatic heterocycles. The van der Waals surface area contributed by atoms with Crippen LogP contribution < -0.4 is 5.32 Å². The molecular formula is C18H17NO6S. The molecule has 0 saturated carbocycles. The molecule has 8 heteroatoms. The molecule has 1 aromatic carbocycles. The van der Waals surface area contributed by atoms with Crippen LogP contribution in [0.4, 0.5) is 5.69 Å². The third-order valence-electron chi connectivity index (χ3n) is 3.50. The van der Waals surface area contributed by atoms with Gasteiger partial charge in [0.25, 0.3) is 0 Å². The molecule has 0 aliphatic carbocycles. The van der Waals surface area contributed by atoms with E-state index in [0.29, 0.717) is 4.88 Å². The summed E-state index contributed by atoms with van der Waals surface area (Å²) in [5.74, 6) is -1.86. The highest BCUT2D eigenvalue weighted by Gasteiger charge is 2.18. The fourth-order valence-corrected chi connectivity index (χ4v) is 2.88. The van der Waals surface area contributed by atoms with Gasteiger partial charge in [-0.25, -0.2) is 9.59 Å². The topological polar surface area (TPSA) is 98.8 Å². The summed E-state index contributed by atoms with van der Waals surface area (Å²) >= 11 is 1.31. The van der Waals surface area contributed by atoms with Crippen LogP contribution in [0.3, 0.4) is 0 Å². The highest BCUT2D eigenvalue weighted by Crippen LogP contribution is 2.20. The van der Waals surface area contributed by atoms with E-state index >= 15 is 0 Å². The van der Waals surface area contributed by atoms with E-state index in [1.165, 1.54) is 43.8 Å². The van der Waals surface area contributed by atoms with Gasteiger partial charge in [0.2, 0.25) is 5.91 Å². The number of esters is 2. The molecule has 0 radical (unpaired) electrons. The Kier molecular flexibility index (Phi) is 6.62. The maximum atomic E-state index is 12.2. The molecule has 0 fully saturated rings. The minimum Gasteiger partial charge on any atom is -0.465 e. The molecule has 1 heterocycles. The number of ether oxygens (including phenoxy) is 2. The molecule has 1 aromatic heterocycles. The lowest BCUT2D eigenvalue weighted by Crippen LogP contribution is -2.17. The lowest BCUT2D eigenvalue weighted by molar-refractivity contribution is -0.116. The number of hydrogen-bond donors (Lipinski definition) is 1. The molecule has 0 unspecified atom stereocenters. The van der Waals surface area contributed by atoms with Gasteiger partial charge in [-0.1, -0.05) is 6.07 Å². The molecule has 2 rings (SSSR count). The van der Waals surface area contributed by atoms with E-state index in [0.717, 1.165) is 0 Å². The Morgan fingerprint density at radius 2 is 1.73 bits per heavy atom. The van der Waals surface area contributed by atoms with Gasteiger partial charge in [-0.2, -0.15) is 0 Å². The quantitative estimate of drug-likeness (QED) is 0.590. The molecule has 0 saturated heterocycles. The standard InChI is InChI=1S/C18H17NO6S/c1-24-17(22)11-5-6-12(18(23)25-2)13(10-11)19-16(21)8-7-14(20)15-4-3-9-26-15/h3-6,9-10H,7-8H2,1-2H3,(H,19,21). The lowest BCUT2D eigenvalue weighted by atomic mass is 10.1. The Balaban J connectivity index is 2.12. The third-order valence-corrected chi connectivity index (χ3v) is 4.41. The molecule has 0 bridgehead atoms. The number of ketones is 1. The van der Waals surface area contributed by atoms with E-state index in [9.17, 15) is 19.2 Å². The summed E-state index contributed by atoms with van der Waals surface area (Å²) in [6.07, 6.45) is -0.0175. The minimum absolute atomic E-state index is 0.0383. The molecule has 136 valence electrons. The number of nitrogens with one attached hydrogen (secondary N) is 1. The van der Waals surface area contributed by atoms with Crippen LogP contribution in [0.2, 0.25) is 0 Å². The van der Waals surface area contributed by atoms with Crippen molar-refractivity contribution in [1.82, 2.24) is 0 Å². The maximum Gasteiger partial charge on any atom is 0.339 e. The highest BCUT2D eigenvalue weighted by molar-refractivity contribution is 7.12. The number of rotatable bonds is 7. The molecule has 0 spiro atoms. The first-order valence-electron chi connectivity index (χ1n) is 7.63. The number of carbonyl (C=O) groups excluding carboxylic acids is 4. The second kappa shape index (κ2) is 8.91. The van der Waals surface area contributed by atoms with E-state index in [-0.39, 0.29) is 35.4 Å². The van der Waals surface area contributed by atoms with Crippen molar-refractivity contribution in [2.24, 2.45) is 0 Å². The zero-order valence-electron chi connectivity index (χ0n) is 14.2. The number of amides is 1. The van der Waals surface area contributed by atoms with E-state index < -0.39 is 17.8 Å². The van der Waals surface area contributed by atoms with Crippen LogP contribution in [0.25, 0.3) is 0 Å². The van der Waals surface area contributed by atoms with Crippen LogP contribution in [0.15, 0.2) is 35.7 Å². The van der Waals surface area contributed by atoms with E-state index in [4.69, 9.17) is 0 Å². The first-order chi connectivity index (χ1) is 12.5. The van der Waals surface area contributed by atoms with Gasteiger partial charge >= 0.3 is 11.9 Å². The van der Waals surface area contributed by atoms with Crippen molar-refractivity contribution in [3.8, 4) is 0 Å². The number of thiophene rings is 1. The second-order valence-electron chi connectivity index (χ2n) is 5.19. The van der Waals surface area contributed by atoms with E-state index in [1.807, 2.05) is 0 Å². The van der Waals surface area contributed by atoms with E-state index in [2.05, 4.69) is 14.8 Å². The first kappa shape index (κ1) is 19.3. The van der Waals surface area contributed by atoms with Crippen LogP contribution in [-0.4, -0.2) is 37.8 Å². The van der Waals surface area contributed by atoms with Crippen molar-refractivity contribution in [2.45, 2.75) is 12.8 Å². The van der Waals surface area contributed by atoms with Gasteiger partial charge in [0, 0.05) is 12.8 Å². The summed E-state index contributed by atoms with van der Waals surface area (Å²) in [6.45, 7) is 0. The summed E-state index contributed by atoms with van der Waals surface area (Å²) in [7, 11) is 2.44. The van der Waals surface area contributed by atoms with Crippen molar-refractivity contribution in [3.05, 3.63) is 51.7 Å².